The van der Waals surface area contributed by atoms with Crippen molar-refractivity contribution < 1.29 is 5.11 Å². The normalized spacial score (nSPS) is 39.2. The largest absolute Gasteiger partial charge is 0.393 e. The first-order valence-corrected chi connectivity index (χ1v) is 17.7. The van der Waals surface area contributed by atoms with Gasteiger partial charge in [0, 0.05) is 18.8 Å². The minimum Gasteiger partial charge on any atom is -0.393 e. The lowest BCUT2D eigenvalue weighted by molar-refractivity contribution is -0.167. The Morgan fingerprint density at radius 1 is 0.902 bits per heavy atom. The first-order valence-electron chi connectivity index (χ1n) is 17.7. The molecule has 0 aliphatic heterocycles. The van der Waals surface area contributed by atoms with Crippen LogP contribution in [0.15, 0.2) is 24.4 Å². The zero-order valence-corrected chi connectivity index (χ0v) is 27.2. The van der Waals surface area contributed by atoms with Gasteiger partial charge in [-0.25, -0.2) is 0 Å². The SMILES string of the molecule is CC(C)CCC[C@H](C)[C@H]1CC[C@H]2[C@@H]3[C@H](O)C[C@@H]4C[C@@H](NCCCCNCc5ccccn5)CC[C@]4(C)[C@H]3CC[C@]12C. The van der Waals surface area contributed by atoms with Crippen LogP contribution in [0.4, 0.5) is 0 Å². The van der Waals surface area contributed by atoms with Crippen molar-refractivity contribution in [3.05, 3.63) is 30.1 Å². The van der Waals surface area contributed by atoms with Crippen LogP contribution in [0.1, 0.15) is 124 Å². The predicted molar refractivity (Wildman–Crippen MR) is 171 cm³/mol. The van der Waals surface area contributed by atoms with Crippen LogP contribution >= 0.6 is 0 Å². The van der Waals surface area contributed by atoms with E-state index >= 15 is 0 Å². The molecule has 0 unspecified atom stereocenters. The lowest BCUT2D eigenvalue weighted by Crippen LogP contribution is -2.59. The molecule has 232 valence electrons. The summed E-state index contributed by atoms with van der Waals surface area (Å²) in [6, 6.07) is 6.75. The maximum absolute atomic E-state index is 11.8. The van der Waals surface area contributed by atoms with Crippen molar-refractivity contribution in [2.75, 3.05) is 13.1 Å². The molecule has 4 fully saturated rings. The van der Waals surface area contributed by atoms with E-state index in [-0.39, 0.29) is 6.10 Å². The fraction of sp³-hybridized carbons (Fsp3) is 0.865. The molecule has 0 aromatic carbocycles. The molecule has 0 amide bonds. The van der Waals surface area contributed by atoms with Gasteiger partial charge in [0.25, 0.3) is 0 Å². The zero-order chi connectivity index (χ0) is 29.0. The standard InChI is InChI=1S/C37H63N3O/c1-26(2)11-10-12-27(3)31-14-15-32-35-33(17-19-37(31,32)5)36(4)18-16-29(23-28(36)24-34(35)41)39-22-9-8-20-38-25-30-13-6-7-21-40-30/h6-7,13,21,26-29,31-35,38-39,41H,8-12,14-20,22-25H2,1-5H3/t27-,28-,29-,31+,32-,33-,34+,35-,36-,37+/m0/s1. The molecule has 10 atom stereocenters. The number of hydrogen-bond acceptors (Lipinski definition) is 4. The van der Waals surface area contributed by atoms with Gasteiger partial charge in [-0.05, 0) is 142 Å². The Kier molecular flexibility index (Phi) is 10.6. The molecule has 5 rings (SSSR count). The second-order valence-corrected chi connectivity index (χ2v) is 16.0. The molecule has 0 bridgehead atoms. The molecule has 1 aromatic heterocycles. The molecule has 4 saturated carbocycles. The average molecular weight is 566 g/mol. The van der Waals surface area contributed by atoms with Gasteiger partial charge >= 0.3 is 0 Å². The highest BCUT2D eigenvalue weighted by molar-refractivity contribution is 5.12. The molecular weight excluding hydrogens is 502 g/mol. The maximum atomic E-state index is 11.8. The first-order chi connectivity index (χ1) is 19.7. The summed E-state index contributed by atoms with van der Waals surface area (Å²) in [5.41, 5.74) is 2.00. The summed E-state index contributed by atoms with van der Waals surface area (Å²) in [7, 11) is 0. The predicted octanol–water partition coefficient (Wildman–Crippen LogP) is 8.00. The third-order valence-corrected chi connectivity index (χ3v) is 13.1. The Morgan fingerprint density at radius 3 is 2.46 bits per heavy atom. The molecule has 0 spiro atoms. The van der Waals surface area contributed by atoms with Crippen molar-refractivity contribution in [1.29, 1.82) is 0 Å². The second kappa shape index (κ2) is 13.8. The van der Waals surface area contributed by atoms with Gasteiger partial charge < -0.3 is 15.7 Å². The highest BCUT2D eigenvalue weighted by atomic mass is 16.3. The Labute approximate surface area is 252 Å². The number of nitrogens with zero attached hydrogens (tertiary/aromatic N) is 1. The Bertz CT molecular complexity index is 937. The number of hydrogen-bond donors (Lipinski definition) is 3. The molecule has 4 nitrogen and oxygen atoms in total. The van der Waals surface area contributed by atoms with Gasteiger partial charge in [0.15, 0.2) is 0 Å². The summed E-state index contributed by atoms with van der Waals surface area (Å²) < 4.78 is 0. The van der Waals surface area contributed by atoms with Gasteiger partial charge in [0.2, 0.25) is 0 Å². The van der Waals surface area contributed by atoms with E-state index in [1.807, 2.05) is 12.3 Å². The zero-order valence-electron chi connectivity index (χ0n) is 27.2. The van der Waals surface area contributed by atoms with E-state index in [0.717, 1.165) is 61.3 Å². The molecule has 1 aromatic rings. The van der Waals surface area contributed by atoms with Crippen molar-refractivity contribution in [1.82, 2.24) is 15.6 Å². The van der Waals surface area contributed by atoms with E-state index in [9.17, 15) is 5.11 Å². The second-order valence-electron chi connectivity index (χ2n) is 16.0. The van der Waals surface area contributed by atoms with E-state index in [1.165, 1.54) is 77.0 Å². The third kappa shape index (κ3) is 6.91. The van der Waals surface area contributed by atoms with Crippen LogP contribution in [0.3, 0.4) is 0 Å². The first kappa shape index (κ1) is 31.5. The lowest BCUT2D eigenvalue weighted by atomic mass is 9.43. The van der Waals surface area contributed by atoms with Crippen LogP contribution in [-0.2, 0) is 6.54 Å². The molecule has 4 aliphatic carbocycles. The van der Waals surface area contributed by atoms with E-state index in [4.69, 9.17) is 0 Å². The van der Waals surface area contributed by atoms with Crippen LogP contribution < -0.4 is 10.6 Å². The Hall–Kier alpha value is -0.970. The van der Waals surface area contributed by atoms with E-state index in [1.54, 1.807) is 0 Å². The summed E-state index contributed by atoms with van der Waals surface area (Å²) >= 11 is 0. The quantitative estimate of drug-likeness (QED) is 0.212. The topological polar surface area (TPSA) is 57.2 Å². The van der Waals surface area contributed by atoms with Gasteiger partial charge in [-0.2, -0.15) is 0 Å². The minimum absolute atomic E-state index is 0.0818. The number of rotatable bonds is 13. The van der Waals surface area contributed by atoms with Crippen LogP contribution in [0.5, 0.6) is 0 Å². The Morgan fingerprint density at radius 2 is 1.68 bits per heavy atom. The van der Waals surface area contributed by atoms with Crippen LogP contribution in [-0.4, -0.2) is 35.3 Å². The smallest absolute Gasteiger partial charge is 0.0577 e. The van der Waals surface area contributed by atoms with E-state index < -0.39 is 0 Å². The molecule has 4 aliphatic rings. The van der Waals surface area contributed by atoms with Crippen LogP contribution in [0.25, 0.3) is 0 Å². The highest BCUT2D eigenvalue weighted by Gasteiger charge is 2.62. The maximum Gasteiger partial charge on any atom is 0.0577 e. The van der Waals surface area contributed by atoms with E-state index in [0.29, 0.717) is 28.7 Å². The summed E-state index contributed by atoms with van der Waals surface area (Å²) in [6.07, 6.45) is 18.9. The Balaban J connectivity index is 1.09. The molecule has 3 N–H and O–H groups in total. The average Bonchev–Trinajstić information content (AvgIpc) is 3.30. The van der Waals surface area contributed by atoms with Gasteiger partial charge in [-0.1, -0.05) is 59.9 Å². The van der Waals surface area contributed by atoms with E-state index in [2.05, 4.69) is 62.4 Å². The molecule has 1 heterocycles. The molecular formula is C37H63N3O. The summed E-state index contributed by atoms with van der Waals surface area (Å²) in [5, 5.41) is 19.2. The number of aromatic nitrogens is 1. The number of unbranched alkanes of at least 4 members (excludes halogenated alkanes) is 1. The summed E-state index contributed by atoms with van der Waals surface area (Å²) in [4.78, 5) is 4.39. The summed E-state index contributed by atoms with van der Waals surface area (Å²) in [6.45, 7) is 15.6. The van der Waals surface area contributed by atoms with Gasteiger partial charge in [-0.15, -0.1) is 0 Å². The van der Waals surface area contributed by atoms with Crippen molar-refractivity contribution in [3.8, 4) is 0 Å². The molecule has 4 heteroatoms. The number of fused-ring (bicyclic) bond motifs is 5. The van der Waals surface area contributed by atoms with Gasteiger partial charge in [-0.3, -0.25) is 4.98 Å². The summed E-state index contributed by atoms with van der Waals surface area (Å²) in [5.74, 6) is 5.23. The fourth-order valence-electron chi connectivity index (χ4n) is 10.8. The van der Waals surface area contributed by atoms with Crippen molar-refractivity contribution in [2.45, 2.75) is 137 Å². The van der Waals surface area contributed by atoms with Gasteiger partial charge in [0.05, 0.1) is 11.8 Å². The van der Waals surface area contributed by atoms with Crippen molar-refractivity contribution in [3.63, 3.8) is 0 Å². The molecule has 0 saturated heterocycles. The third-order valence-electron chi connectivity index (χ3n) is 13.1. The van der Waals surface area contributed by atoms with Gasteiger partial charge in [0.1, 0.15) is 0 Å². The monoisotopic (exact) mass is 565 g/mol. The number of nitrogens with one attached hydrogen (secondary N) is 2. The van der Waals surface area contributed by atoms with Crippen molar-refractivity contribution >= 4 is 0 Å². The fourth-order valence-corrected chi connectivity index (χ4v) is 10.8. The lowest BCUT2D eigenvalue weighted by Gasteiger charge is -2.62. The highest BCUT2D eigenvalue weighted by Crippen LogP contribution is 2.68. The number of aliphatic hydroxyl groups excluding tert-OH is 1. The molecule has 0 radical (unpaired) electrons. The minimum atomic E-state index is -0.0818. The van der Waals surface area contributed by atoms with Crippen LogP contribution in [0, 0.1) is 52.3 Å². The number of aliphatic hydroxyl groups is 1. The molecule has 41 heavy (non-hydrogen) atoms. The van der Waals surface area contributed by atoms with Crippen molar-refractivity contribution in [2.24, 2.45) is 52.3 Å². The van der Waals surface area contributed by atoms with Crippen LogP contribution in [0.2, 0.25) is 0 Å². The number of pyridine rings is 1.